The molecular formula is C19H26N2O. The van der Waals surface area contributed by atoms with Crippen LogP contribution in [0.3, 0.4) is 0 Å². The van der Waals surface area contributed by atoms with Gasteiger partial charge in [0.05, 0.1) is 5.56 Å². The van der Waals surface area contributed by atoms with Crippen LogP contribution in [-0.4, -0.2) is 10.9 Å². The molecule has 0 radical (unpaired) electrons. The molecule has 3 heteroatoms. The van der Waals surface area contributed by atoms with Crippen molar-refractivity contribution in [3.8, 4) is 0 Å². The molecule has 0 aliphatic rings. The summed E-state index contributed by atoms with van der Waals surface area (Å²) in [5, 5.41) is 2.83. The van der Waals surface area contributed by atoms with Crippen LogP contribution in [-0.2, 0) is 6.42 Å². The third-order valence-electron chi connectivity index (χ3n) is 3.04. The molecule has 2 aromatic rings. The summed E-state index contributed by atoms with van der Waals surface area (Å²) >= 11 is 0. The maximum Gasteiger partial charge on any atom is 0.257 e. The predicted octanol–water partition coefficient (Wildman–Crippen LogP) is 5.11. The van der Waals surface area contributed by atoms with Crippen LogP contribution in [0.2, 0.25) is 0 Å². The molecule has 0 fully saturated rings. The van der Waals surface area contributed by atoms with E-state index in [4.69, 9.17) is 0 Å². The van der Waals surface area contributed by atoms with Crippen LogP contribution in [0.15, 0.2) is 61.4 Å². The molecule has 1 aromatic carbocycles. The summed E-state index contributed by atoms with van der Waals surface area (Å²) in [5.41, 5.74) is 2.62. The summed E-state index contributed by atoms with van der Waals surface area (Å²) in [5.74, 6) is -0.137. The van der Waals surface area contributed by atoms with E-state index in [2.05, 4.69) is 30.7 Å². The smallest absolute Gasteiger partial charge is 0.257 e. The first kappa shape index (κ1) is 17.6. The Kier molecular flexibility index (Phi) is 8.28. The predicted molar refractivity (Wildman–Crippen MR) is 95.2 cm³/mol. The number of benzene rings is 1. The van der Waals surface area contributed by atoms with Gasteiger partial charge in [-0.3, -0.25) is 9.78 Å². The van der Waals surface area contributed by atoms with Gasteiger partial charge < -0.3 is 5.32 Å². The molecule has 0 atom stereocenters. The Morgan fingerprint density at radius 3 is 2.45 bits per heavy atom. The molecule has 118 valence electrons. The van der Waals surface area contributed by atoms with Gasteiger partial charge in [0.1, 0.15) is 0 Å². The van der Waals surface area contributed by atoms with Crippen LogP contribution in [0.4, 0.5) is 5.69 Å². The summed E-state index contributed by atoms with van der Waals surface area (Å²) in [6.07, 6.45) is 8.50. The van der Waals surface area contributed by atoms with Crippen molar-refractivity contribution in [2.24, 2.45) is 0 Å². The van der Waals surface area contributed by atoms with Crippen LogP contribution in [0, 0.1) is 0 Å². The number of unbranched alkanes of at least 4 members (excludes halogenated alkanes) is 1. The Morgan fingerprint density at radius 1 is 1.27 bits per heavy atom. The average Bonchev–Trinajstić information content (AvgIpc) is 2.57. The first-order valence-corrected chi connectivity index (χ1v) is 7.62. The maximum absolute atomic E-state index is 11.8. The van der Waals surface area contributed by atoms with Gasteiger partial charge in [0.25, 0.3) is 5.91 Å². The molecule has 0 aliphatic carbocycles. The second kappa shape index (κ2) is 10.3. The third-order valence-corrected chi connectivity index (χ3v) is 3.04. The number of hydrogen-bond acceptors (Lipinski definition) is 2. The number of nitrogens with zero attached hydrogens (tertiary/aromatic N) is 1. The number of carbonyl (C=O) groups is 1. The number of aryl methyl sites for hydroxylation is 1. The van der Waals surface area contributed by atoms with E-state index in [1.807, 2.05) is 30.3 Å². The van der Waals surface area contributed by atoms with E-state index in [0.717, 1.165) is 18.5 Å². The topological polar surface area (TPSA) is 42.0 Å². The van der Waals surface area contributed by atoms with Crippen LogP contribution < -0.4 is 5.32 Å². The van der Waals surface area contributed by atoms with Gasteiger partial charge in [0, 0.05) is 19.5 Å². The van der Waals surface area contributed by atoms with Crippen molar-refractivity contribution < 1.29 is 6.22 Å². The third kappa shape index (κ3) is 6.35. The molecule has 1 heterocycles. The quantitative estimate of drug-likeness (QED) is 0.779. The number of anilines is 1. The van der Waals surface area contributed by atoms with E-state index in [-0.39, 0.29) is 7.33 Å². The molecule has 1 amide bonds. The fourth-order valence-electron chi connectivity index (χ4n) is 1.73. The molecule has 1 N–H and O–H groups in total. The normalized spacial score (nSPS) is 9.36. The van der Waals surface area contributed by atoms with Crippen molar-refractivity contribution >= 4 is 11.6 Å². The second-order valence-corrected chi connectivity index (χ2v) is 4.82. The fourth-order valence-corrected chi connectivity index (χ4v) is 1.73. The van der Waals surface area contributed by atoms with E-state index in [9.17, 15) is 4.79 Å². The monoisotopic (exact) mass is 298 g/mol. The number of pyridine rings is 1. The van der Waals surface area contributed by atoms with Gasteiger partial charge in [0.15, 0.2) is 0 Å². The minimum absolute atomic E-state index is 0. The average molecular weight is 298 g/mol. The van der Waals surface area contributed by atoms with Gasteiger partial charge in [-0.15, -0.1) is 6.58 Å². The van der Waals surface area contributed by atoms with Crippen molar-refractivity contribution in [2.75, 3.05) is 5.32 Å². The summed E-state index contributed by atoms with van der Waals surface area (Å²) in [7, 11) is 0. The second-order valence-electron chi connectivity index (χ2n) is 4.82. The zero-order valence-electron chi connectivity index (χ0n) is 13.4. The Hall–Kier alpha value is -2.42. The minimum atomic E-state index is -0.137. The molecule has 3 nitrogen and oxygen atoms in total. The minimum Gasteiger partial charge on any atom is -0.322 e. The number of nitrogens with one attached hydrogen (secondary N) is 1. The van der Waals surface area contributed by atoms with E-state index in [1.165, 1.54) is 12.0 Å². The van der Waals surface area contributed by atoms with Gasteiger partial charge in [-0.05, 0) is 42.7 Å². The lowest BCUT2D eigenvalue weighted by molar-refractivity contribution is 0.102. The lowest BCUT2D eigenvalue weighted by Crippen LogP contribution is -2.11. The van der Waals surface area contributed by atoms with Crippen molar-refractivity contribution in [1.29, 1.82) is 0 Å². The molecule has 0 aliphatic heterocycles. The van der Waals surface area contributed by atoms with E-state index < -0.39 is 0 Å². The van der Waals surface area contributed by atoms with Crippen LogP contribution >= 0.6 is 0 Å². The summed E-state index contributed by atoms with van der Waals surface area (Å²) in [4.78, 5) is 15.7. The Bertz CT molecular complexity index is 568. The van der Waals surface area contributed by atoms with Crippen LogP contribution in [0.25, 0.3) is 0 Å². The van der Waals surface area contributed by atoms with Crippen LogP contribution in [0.1, 0.15) is 44.0 Å². The lowest BCUT2D eigenvalue weighted by Gasteiger charge is -2.05. The van der Waals surface area contributed by atoms with Crippen molar-refractivity contribution in [2.45, 2.75) is 33.1 Å². The van der Waals surface area contributed by atoms with Crippen molar-refractivity contribution in [3.63, 3.8) is 0 Å². The number of allylic oxidation sites excluding steroid dienone is 1. The van der Waals surface area contributed by atoms with Gasteiger partial charge >= 0.3 is 0 Å². The van der Waals surface area contributed by atoms with E-state index in [0.29, 0.717) is 5.56 Å². The van der Waals surface area contributed by atoms with Crippen molar-refractivity contribution in [1.82, 2.24) is 4.98 Å². The maximum atomic E-state index is 11.8. The number of aromatic nitrogens is 1. The molecule has 22 heavy (non-hydrogen) atoms. The first-order valence-electron chi connectivity index (χ1n) is 7.62. The first-order chi connectivity index (χ1) is 10.7. The zero-order chi connectivity index (χ0) is 16.2. The SMILES string of the molecule is C=CCCC.CCc1ccc(NC(=O)c2cccnc2)cc1.[HH]. The highest BCUT2D eigenvalue weighted by molar-refractivity contribution is 6.03. The van der Waals surface area contributed by atoms with Gasteiger partial charge in [0.2, 0.25) is 0 Å². The molecule has 0 bridgehead atoms. The molecule has 0 saturated carbocycles. The number of rotatable bonds is 5. The standard InChI is InChI=1S/C14H14N2O.C5H10.H2/c1-2-11-5-7-13(8-6-11)16-14(17)12-4-3-9-15-10-12;1-3-5-4-2;/h3-10H,2H2,1H3,(H,16,17);3H,1,4-5H2,2H3;1H. The largest absolute Gasteiger partial charge is 0.322 e. The highest BCUT2D eigenvalue weighted by atomic mass is 16.1. The molecular weight excluding hydrogens is 272 g/mol. The Labute approximate surface area is 134 Å². The highest BCUT2D eigenvalue weighted by Gasteiger charge is 2.04. The van der Waals surface area contributed by atoms with Gasteiger partial charge in [-0.2, -0.15) is 0 Å². The summed E-state index contributed by atoms with van der Waals surface area (Å²) in [6, 6.07) is 11.3. The van der Waals surface area contributed by atoms with E-state index in [1.54, 1.807) is 24.5 Å². The molecule has 2 rings (SSSR count). The number of amides is 1. The zero-order valence-corrected chi connectivity index (χ0v) is 13.4. The van der Waals surface area contributed by atoms with Crippen molar-refractivity contribution in [3.05, 3.63) is 72.6 Å². The molecule has 1 aromatic heterocycles. The van der Waals surface area contributed by atoms with Gasteiger partial charge in [-0.25, -0.2) is 0 Å². The lowest BCUT2D eigenvalue weighted by atomic mass is 10.1. The molecule has 0 spiro atoms. The summed E-state index contributed by atoms with van der Waals surface area (Å²) < 4.78 is 0. The Morgan fingerprint density at radius 2 is 2.00 bits per heavy atom. The highest BCUT2D eigenvalue weighted by Crippen LogP contribution is 2.11. The van der Waals surface area contributed by atoms with Gasteiger partial charge in [-0.1, -0.05) is 38.5 Å². The molecule has 0 unspecified atom stereocenters. The number of hydrogen-bond donors (Lipinski definition) is 1. The Balaban J connectivity index is 0.000000709. The number of carbonyl (C=O) groups excluding carboxylic acids is 1. The molecule has 0 saturated heterocycles. The fraction of sp³-hybridized carbons (Fsp3) is 0.263. The van der Waals surface area contributed by atoms with E-state index >= 15 is 0 Å². The summed E-state index contributed by atoms with van der Waals surface area (Å²) in [6.45, 7) is 7.79. The van der Waals surface area contributed by atoms with Crippen LogP contribution in [0.5, 0.6) is 0 Å².